The molecule has 0 fully saturated rings. The number of nitrogens with zero attached hydrogens (tertiary/aromatic N) is 1. The molecule has 0 saturated carbocycles. The number of rotatable bonds is 6. The van der Waals surface area contributed by atoms with Crippen LogP contribution in [0.15, 0.2) is 36.5 Å². The van der Waals surface area contributed by atoms with Gasteiger partial charge < -0.3 is 5.32 Å². The molecule has 1 aromatic carbocycles. The van der Waals surface area contributed by atoms with Gasteiger partial charge in [-0.15, -0.1) is 11.8 Å². The Morgan fingerprint density at radius 3 is 2.95 bits per heavy atom. The van der Waals surface area contributed by atoms with Gasteiger partial charge in [-0.3, -0.25) is 4.98 Å². The molecule has 2 nitrogen and oxygen atoms in total. The number of pyridine rings is 1. The first kappa shape index (κ1) is 14.6. The molecular weight excluding hydrogens is 244 g/mol. The summed E-state index contributed by atoms with van der Waals surface area (Å²) in [5.74, 6) is 6.15. The predicted octanol–water partition coefficient (Wildman–Crippen LogP) is 4.08. The normalized spacial score (nSPS) is 11.9. The summed E-state index contributed by atoms with van der Waals surface area (Å²) in [6.07, 6.45) is 4.95. The van der Waals surface area contributed by atoms with Gasteiger partial charge >= 0.3 is 0 Å². The second-order valence-corrected chi connectivity index (χ2v) is 4.89. The van der Waals surface area contributed by atoms with E-state index in [1.165, 1.54) is 10.9 Å². The number of hydrogen-bond donors (Lipinski definition) is 1. The second kappa shape index (κ2) is 7.67. The molecule has 2 heteroatoms. The fourth-order valence-electron chi connectivity index (χ4n) is 2.46. The van der Waals surface area contributed by atoms with E-state index < -0.39 is 0 Å². The van der Waals surface area contributed by atoms with Crippen molar-refractivity contribution in [3.8, 4) is 11.8 Å². The highest BCUT2D eigenvalue weighted by Gasteiger charge is 2.13. The van der Waals surface area contributed by atoms with Crippen molar-refractivity contribution in [2.45, 2.75) is 39.2 Å². The summed E-state index contributed by atoms with van der Waals surface area (Å²) in [6.45, 7) is 5.12. The van der Waals surface area contributed by atoms with Gasteiger partial charge in [-0.2, -0.15) is 0 Å². The first-order valence-corrected chi connectivity index (χ1v) is 7.33. The Labute approximate surface area is 121 Å². The largest absolute Gasteiger partial charge is 0.310 e. The number of benzene rings is 1. The van der Waals surface area contributed by atoms with E-state index in [0.29, 0.717) is 6.04 Å². The highest BCUT2D eigenvalue weighted by Crippen LogP contribution is 2.26. The number of fused-ring (bicyclic) bond motifs is 1. The molecule has 1 unspecified atom stereocenters. The maximum Gasteiger partial charge on any atom is 0.0705 e. The Bertz CT molecular complexity index is 602. The van der Waals surface area contributed by atoms with Crippen molar-refractivity contribution in [1.82, 2.24) is 10.3 Å². The van der Waals surface area contributed by atoms with E-state index >= 15 is 0 Å². The third-order valence-electron chi connectivity index (χ3n) is 3.43. The zero-order valence-corrected chi connectivity index (χ0v) is 12.3. The van der Waals surface area contributed by atoms with Crippen LogP contribution >= 0.6 is 0 Å². The van der Waals surface area contributed by atoms with Gasteiger partial charge in [0, 0.05) is 24.0 Å². The van der Waals surface area contributed by atoms with Crippen LogP contribution in [0, 0.1) is 11.8 Å². The molecule has 0 radical (unpaired) electrons. The second-order valence-electron chi connectivity index (χ2n) is 4.89. The predicted molar refractivity (Wildman–Crippen MR) is 85.5 cm³/mol. The molecule has 0 aliphatic carbocycles. The monoisotopic (exact) mass is 266 g/mol. The van der Waals surface area contributed by atoms with Crippen molar-refractivity contribution in [2.75, 3.05) is 6.54 Å². The molecule has 1 N–H and O–H groups in total. The van der Waals surface area contributed by atoms with Gasteiger partial charge in [-0.25, -0.2) is 0 Å². The minimum Gasteiger partial charge on any atom is -0.310 e. The van der Waals surface area contributed by atoms with E-state index in [4.69, 9.17) is 0 Å². The van der Waals surface area contributed by atoms with Crippen molar-refractivity contribution in [2.24, 2.45) is 0 Å². The molecule has 2 rings (SSSR count). The van der Waals surface area contributed by atoms with E-state index in [9.17, 15) is 0 Å². The van der Waals surface area contributed by atoms with Crippen LogP contribution in [0.1, 0.15) is 44.7 Å². The molecule has 1 heterocycles. The highest BCUT2D eigenvalue weighted by atomic mass is 14.9. The lowest BCUT2D eigenvalue weighted by Gasteiger charge is -2.19. The summed E-state index contributed by atoms with van der Waals surface area (Å²) >= 11 is 0. The van der Waals surface area contributed by atoms with E-state index in [2.05, 4.69) is 53.3 Å². The van der Waals surface area contributed by atoms with Gasteiger partial charge in [0.2, 0.25) is 0 Å². The van der Waals surface area contributed by atoms with Gasteiger partial charge in [-0.1, -0.05) is 25.1 Å². The molecule has 1 aromatic heterocycles. The third-order valence-corrected chi connectivity index (χ3v) is 3.43. The fourth-order valence-corrected chi connectivity index (χ4v) is 2.46. The summed E-state index contributed by atoms with van der Waals surface area (Å²) in [5.41, 5.74) is 2.40. The molecule has 0 spiro atoms. The van der Waals surface area contributed by atoms with Crippen LogP contribution in [0.4, 0.5) is 0 Å². The van der Waals surface area contributed by atoms with Crippen LogP contribution in [0.2, 0.25) is 0 Å². The Morgan fingerprint density at radius 2 is 2.15 bits per heavy atom. The van der Waals surface area contributed by atoms with Crippen LogP contribution in [0.25, 0.3) is 10.9 Å². The molecule has 0 aliphatic heterocycles. The summed E-state index contributed by atoms with van der Waals surface area (Å²) in [6, 6.07) is 10.9. The average Bonchev–Trinajstić information content (AvgIpc) is 2.50. The maximum absolute atomic E-state index is 4.45. The summed E-state index contributed by atoms with van der Waals surface area (Å²) in [5, 5.41) is 4.88. The van der Waals surface area contributed by atoms with E-state index in [0.717, 1.165) is 31.3 Å². The Balaban J connectivity index is 2.30. The van der Waals surface area contributed by atoms with Crippen molar-refractivity contribution < 1.29 is 0 Å². The topological polar surface area (TPSA) is 24.9 Å². The SMILES string of the molecule is CC#CCCC(NCCC)c1cccc2ncccc12. The molecule has 0 amide bonds. The first-order valence-electron chi connectivity index (χ1n) is 7.33. The lowest BCUT2D eigenvalue weighted by Crippen LogP contribution is -2.22. The lowest BCUT2D eigenvalue weighted by molar-refractivity contribution is 0.508. The van der Waals surface area contributed by atoms with Gasteiger partial charge in [0.1, 0.15) is 0 Å². The summed E-state index contributed by atoms with van der Waals surface area (Å²) < 4.78 is 0. The standard InChI is InChI=1S/C18H22N2/c1-3-5-6-11-17(19-13-4-2)15-9-7-12-18-16(15)10-8-14-20-18/h7-10,12,14,17,19H,4,6,11,13H2,1-2H3. The van der Waals surface area contributed by atoms with Crippen molar-refractivity contribution >= 4 is 10.9 Å². The van der Waals surface area contributed by atoms with Crippen molar-refractivity contribution in [3.05, 3.63) is 42.1 Å². The van der Waals surface area contributed by atoms with E-state index in [1.54, 1.807) is 0 Å². The van der Waals surface area contributed by atoms with Gasteiger partial charge in [0.15, 0.2) is 0 Å². The maximum atomic E-state index is 4.45. The Morgan fingerprint density at radius 1 is 1.25 bits per heavy atom. The van der Waals surface area contributed by atoms with Crippen LogP contribution in [0.3, 0.4) is 0 Å². The van der Waals surface area contributed by atoms with Crippen LogP contribution in [-0.2, 0) is 0 Å². The number of hydrogen-bond acceptors (Lipinski definition) is 2. The van der Waals surface area contributed by atoms with Gasteiger partial charge in [-0.05, 0) is 44.0 Å². The molecule has 1 atom stereocenters. The van der Waals surface area contributed by atoms with Crippen molar-refractivity contribution in [3.63, 3.8) is 0 Å². The quantitative estimate of drug-likeness (QED) is 0.797. The van der Waals surface area contributed by atoms with Crippen LogP contribution in [-0.4, -0.2) is 11.5 Å². The Kier molecular flexibility index (Phi) is 5.58. The molecule has 104 valence electrons. The minimum atomic E-state index is 0.351. The van der Waals surface area contributed by atoms with Crippen LogP contribution < -0.4 is 5.32 Å². The molecule has 2 aromatic rings. The van der Waals surface area contributed by atoms with Gasteiger partial charge in [0.25, 0.3) is 0 Å². The molecule has 20 heavy (non-hydrogen) atoms. The highest BCUT2D eigenvalue weighted by molar-refractivity contribution is 5.82. The zero-order valence-electron chi connectivity index (χ0n) is 12.3. The summed E-state index contributed by atoms with van der Waals surface area (Å²) in [7, 11) is 0. The van der Waals surface area contributed by atoms with Crippen LogP contribution in [0.5, 0.6) is 0 Å². The molecule has 0 bridgehead atoms. The average molecular weight is 266 g/mol. The smallest absolute Gasteiger partial charge is 0.0705 e. The van der Waals surface area contributed by atoms with Gasteiger partial charge in [0.05, 0.1) is 5.52 Å². The Hall–Kier alpha value is -1.85. The first-order chi connectivity index (χ1) is 9.86. The lowest BCUT2D eigenvalue weighted by atomic mass is 9.97. The molecular formula is C18H22N2. The summed E-state index contributed by atoms with van der Waals surface area (Å²) in [4.78, 5) is 4.45. The number of nitrogens with one attached hydrogen (secondary N) is 1. The van der Waals surface area contributed by atoms with E-state index in [-0.39, 0.29) is 0 Å². The fraction of sp³-hybridized carbons (Fsp3) is 0.389. The number of aromatic nitrogens is 1. The molecule has 0 aliphatic rings. The van der Waals surface area contributed by atoms with E-state index in [1.807, 2.05) is 19.2 Å². The molecule has 0 saturated heterocycles. The van der Waals surface area contributed by atoms with Crippen molar-refractivity contribution in [1.29, 1.82) is 0 Å². The third kappa shape index (κ3) is 3.59. The minimum absolute atomic E-state index is 0.351. The zero-order chi connectivity index (χ0) is 14.2.